The van der Waals surface area contributed by atoms with Crippen LogP contribution in [-0.4, -0.2) is 28.0 Å². The van der Waals surface area contributed by atoms with Crippen molar-refractivity contribution in [3.05, 3.63) is 36.2 Å². The first-order valence-electron chi connectivity index (χ1n) is 7.82. The maximum Gasteiger partial charge on any atom is 0.407 e. The van der Waals surface area contributed by atoms with E-state index >= 15 is 0 Å². The number of hydrogen-bond acceptors (Lipinski definition) is 4. The number of anilines is 1. The van der Waals surface area contributed by atoms with Gasteiger partial charge in [-0.15, -0.1) is 0 Å². The third kappa shape index (κ3) is 5.74. The third-order valence-electron chi connectivity index (χ3n) is 3.21. The number of alkyl carbamates (subject to hydrolysis) is 1. The Balaban J connectivity index is 1.98. The topological polar surface area (TPSA) is 82.2 Å². The van der Waals surface area contributed by atoms with E-state index in [1.54, 1.807) is 43.9 Å². The van der Waals surface area contributed by atoms with Gasteiger partial charge in [0.25, 0.3) is 6.43 Å². The van der Waals surface area contributed by atoms with Crippen molar-refractivity contribution in [3.63, 3.8) is 0 Å². The van der Waals surface area contributed by atoms with Crippen molar-refractivity contribution in [1.82, 2.24) is 15.1 Å². The summed E-state index contributed by atoms with van der Waals surface area (Å²) >= 11 is 0. The summed E-state index contributed by atoms with van der Waals surface area (Å²) in [6.45, 7) is 6.10. The number of nitrogen functional groups attached to an aromatic ring is 1. The van der Waals surface area contributed by atoms with Gasteiger partial charge >= 0.3 is 6.09 Å². The predicted molar refractivity (Wildman–Crippen MR) is 91.3 cm³/mol. The SMILES string of the molecule is CC(C)(C)OC(=O)NCCn1cc(-c2cc(N)cc(C(F)F)c2)cn1. The molecule has 0 saturated carbocycles. The average Bonchev–Trinajstić information content (AvgIpc) is 2.93. The summed E-state index contributed by atoms with van der Waals surface area (Å²) in [4.78, 5) is 11.6. The minimum Gasteiger partial charge on any atom is -0.444 e. The van der Waals surface area contributed by atoms with E-state index in [2.05, 4.69) is 10.4 Å². The van der Waals surface area contributed by atoms with Crippen molar-refractivity contribution in [3.8, 4) is 11.1 Å². The van der Waals surface area contributed by atoms with Gasteiger partial charge in [-0.25, -0.2) is 13.6 Å². The zero-order valence-corrected chi connectivity index (χ0v) is 14.4. The van der Waals surface area contributed by atoms with Crippen LogP contribution in [0, 0.1) is 0 Å². The Bertz CT molecular complexity index is 738. The average molecular weight is 352 g/mol. The molecule has 1 amide bonds. The number of amides is 1. The minimum absolute atomic E-state index is 0.130. The highest BCUT2D eigenvalue weighted by Gasteiger charge is 2.15. The van der Waals surface area contributed by atoms with Crippen LogP contribution in [0.15, 0.2) is 30.6 Å². The molecule has 1 heterocycles. The van der Waals surface area contributed by atoms with Gasteiger partial charge in [0, 0.05) is 29.6 Å². The monoisotopic (exact) mass is 352 g/mol. The van der Waals surface area contributed by atoms with Gasteiger partial charge in [0.15, 0.2) is 0 Å². The summed E-state index contributed by atoms with van der Waals surface area (Å²) in [6, 6.07) is 4.26. The number of carbonyl (C=O) groups is 1. The van der Waals surface area contributed by atoms with Crippen molar-refractivity contribution in [2.24, 2.45) is 0 Å². The molecule has 0 bridgehead atoms. The number of alkyl halides is 2. The highest BCUT2D eigenvalue weighted by molar-refractivity contribution is 5.68. The number of carbonyl (C=O) groups excluding carboxylic acids is 1. The molecule has 0 atom stereocenters. The van der Waals surface area contributed by atoms with E-state index in [0.717, 1.165) is 0 Å². The lowest BCUT2D eigenvalue weighted by Gasteiger charge is -2.19. The smallest absolute Gasteiger partial charge is 0.407 e. The van der Waals surface area contributed by atoms with E-state index in [9.17, 15) is 13.6 Å². The zero-order valence-electron chi connectivity index (χ0n) is 14.4. The highest BCUT2D eigenvalue weighted by Crippen LogP contribution is 2.28. The number of rotatable bonds is 5. The lowest BCUT2D eigenvalue weighted by molar-refractivity contribution is 0.0525. The fourth-order valence-corrected chi connectivity index (χ4v) is 2.19. The number of benzene rings is 1. The number of nitrogens with two attached hydrogens (primary N) is 1. The summed E-state index contributed by atoms with van der Waals surface area (Å²) in [5, 5.41) is 6.79. The summed E-state index contributed by atoms with van der Waals surface area (Å²) in [5.74, 6) is 0. The van der Waals surface area contributed by atoms with Crippen LogP contribution >= 0.6 is 0 Å². The van der Waals surface area contributed by atoms with Crippen molar-refractivity contribution in [1.29, 1.82) is 0 Å². The predicted octanol–water partition coefficient (Wildman–Crippen LogP) is 3.59. The van der Waals surface area contributed by atoms with E-state index in [4.69, 9.17) is 10.5 Å². The molecule has 0 radical (unpaired) electrons. The second-order valence-corrected chi connectivity index (χ2v) is 6.61. The van der Waals surface area contributed by atoms with E-state index in [-0.39, 0.29) is 11.3 Å². The maximum atomic E-state index is 12.9. The van der Waals surface area contributed by atoms with E-state index in [1.165, 1.54) is 12.1 Å². The number of hydrogen-bond donors (Lipinski definition) is 2. The van der Waals surface area contributed by atoms with Crippen LogP contribution in [0.5, 0.6) is 0 Å². The molecule has 0 unspecified atom stereocenters. The molecule has 25 heavy (non-hydrogen) atoms. The van der Waals surface area contributed by atoms with Gasteiger partial charge in [-0.05, 0) is 44.5 Å². The molecule has 0 aliphatic heterocycles. The fourth-order valence-electron chi connectivity index (χ4n) is 2.19. The molecule has 6 nitrogen and oxygen atoms in total. The van der Waals surface area contributed by atoms with Crippen LogP contribution in [-0.2, 0) is 11.3 Å². The highest BCUT2D eigenvalue weighted by atomic mass is 19.3. The van der Waals surface area contributed by atoms with E-state index < -0.39 is 18.1 Å². The maximum absolute atomic E-state index is 12.9. The molecule has 1 aromatic carbocycles. The fraction of sp³-hybridized carbons (Fsp3) is 0.412. The lowest BCUT2D eigenvalue weighted by atomic mass is 10.1. The zero-order chi connectivity index (χ0) is 18.6. The lowest BCUT2D eigenvalue weighted by Crippen LogP contribution is -2.34. The van der Waals surface area contributed by atoms with Crippen LogP contribution in [0.25, 0.3) is 11.1 Å². The van der Waals surface area contributed by atoms with Crippen molar-refractivity contribution >= 4 is 11.8 Å². The molecule has 3 N–H and O–H groups in total. The molecule has 0 saturated heterocycles. The van der Waals surface area contributed by atoms with Crippen molar-refractivity contribution in [2.75, 3.05) is 12.3 Å². The standard InChI is InChI=1S/C17H22F2N4O2/c1-17(2,3)25-16(24)21-4-5-23-10-13(9-22-23)11-6-12(15(18)19)8-14(20)7-11/h6-10,15H,4-5,20H2,1-3H3,(H,21,24). The van der Waals surface area contributed by atoms with Gasteiger partial charge in [-0.2, -0.15) is 5.10 Å². The second kappa shape index (κ2) is 7.50. The number of ether oxygens (including phenoxy) is 1. The Morgan fingerprint density at radius 2 is 2.04 bits per heavy atom. The largest absolute Gasteiger partial charge is 0.444 e. The number of aromatic nitrogens is 2. The van der Waals surface area contributed by atoms with Gasteiger partial charge in [0.1, 0.15) is 5.60 Å². The summed E-state index contributed by atoms with van der Waals surface area (Å²) in [6.07, 6.45) is 0.186. The summed E-state index contributed by atoms with van der Waals surface area (Å²) in [7, 11) is 0. The number of nitrogens with zero attached hydrogens (tertiary/aromatic N) is 2. The molecule has 8 heteroatoms. The Morgan fingerprint density at radius 1 is 1.32 bits per heavy atom. The molecule has 1 aromatic heterocycles. The first-order chi connectivity index (χ1) is 11.6. The van der Waals surface area contributed by atoms with Crippen molar-refractivity contribution < 1.29 is 18.3 Å². The summed E-state index contributed by atoms with van der Waals surface area (Å²) < 4.78 is 32.5. The van der Waals surface area contributed by atoms with Gasteiger partial charge in [0.2, 0.25) is 0 Å². The molecule has 2 rings (SSSR count). The van der Waals surface area contributed by atoms with Crippen LogP contribution in [0.4, 0.5) is 19.3 Å². The van der Waals surface area contributed by atoms with E-state index in [1.807, 2.05) is 0 Å². The molecule has 2 aromatic rings. The molecule has 0 aliphatic carbocycles. The Labute approximate surface area is 145 Å². The van der Waals surface area contributed by atoms with Crippen LogP contribution in [0.1, 0.15) is 32.8 Å². The van der Waals surface area contributed by atoms with Gasteiger partial charge in [-0.1, -0.05) is 0 Å². The molecular weight excluding hydrogens is 330 g/mol. The second-order valence-electron chi connectivity index (χ2n) is 6.61. The Morgan fingerprint density at radius 3 is 2.68 bits per heavy atom. The minimum atomic E-state index is -2.59. The Kier molecular flexibility index (Phi) is 5.61. The first kappa shape index (κ1) is 18.7. The Hall–Kier alpha value is -2.64. The molecule has 136 valence electrons. The first-order valence-corrected chi connectivity index (χ1v) is 7.82. The summed E-state index contributed by atoms with van der Waals surface area (Å²) in [5.41, 5.74) is 6.51. The molecule has 0 spiro atoms. The van der Waals surface area contributed by atoms with E-state index in [0.29, 0.717) is 24.2 Å². The van der Waals surface area contributed by atoms with Crippen LogP contribution < -0.4 is 11.1 Å². The van der Waals surface area contributed by atoms with Gasteiger partial charge in [0.05, 0.1) is 12.7 Å². The van der Waals surface area contributed by atoms with Gasteiger partial charge in [-0.3, -0.25) is 4.68 Å². The normalized spacial score (nSPS) is 11.6. The van der Waals surface area contributed by atoms with Gasteiger partial charge < -0.3 is 15.8 Å². The number of nitrogens with one attached hydrogen (secondary N) is 1. The molecule has 0 fully saturated rings. The van der Waals surface area contributed by atoms with Crippen LogP contribution in [0.2, 0.25) is 0 Å². The van der Waals surface area contributed by atoms with Crippen molar-refractivity contribution in [2.45, 2.75) is 39.3 Å². The molecule has 0 aliphatic rings. The number of halogens is 2. The quantitative estimate of drug-likeness (QED) is 0.806. The third-order valence-corrected chi connectivity index (χ3v) is 3.21. The van der Waals surface area contributed by atoms with Crippen LogP contribution in [0.3, 0.4) is 0 Å². The molecular formula is C17H22F2N4O2.